The SMILES string of the molecule is CC(=O)[C@H](NC(=O)OCc1ccccc1)C(C)C. The maximum Gasteiger partial charge on any atom is 0.408 e. The van der Waals surface area contributed by atoms with Crippen LogP contribution in [0.5, 0.6) is 0 Å². The molecule has 0 saturated carbocycles. The summed E-state index contributed by atoms with van der Waals surface area (Å²) in [5.41, 5.74) is 0.913. The average Bonchev–Trinajstić information content (AvgIpc) is 2.34. The molecule has 4 heteroatoms. The topological polar surface area (TPSA) is 55.4 Å². The number of ketones is 1. The fraction of sp³-hybridized carbons (Fsp3) is 0.429. The zero-order valence-corrected chi connectivity index (χ0v) is 11.0. The van der Waals surface area contributed by atoms with Crippen LogP contribution in [-0.2, 0) is 16.1 Å². The largest absolute Gasteiger partial charge is 0.445 e. The van der Waals surface area contributed by atoms with Crippen molar-refractivity contribution in [3.8, 4) is 0 Å². The predicted octanol–water partition coefficient (Wildman–Crippen LogP) is 2.53. The lowest BCUT2D eigenvalue weighted by molar-refractivity contribution is -0.119. The summed E-state index contributed by atoms with van der Waals surface area (Å²) in [6.45, 7) is 5.42. The van der Waals surface area contributed by atoms with E-state index in [9.17, 15) is 9.59 Å². The van der Waals surface area contributed by atoms with Gasteiger partial charge in [-0.05, 0) is 18.4 Å². The van der Waals surface area contributed by atoms with Gasteiger partial charge in [0.25, 0.3) is 0 Å². The van der Waals surface area contributed by atoms with Gasteiger partial charge < -0.3 is 10.1 Å². The molecule has 0 bridgehead atoms. The number of carbonyl (C=O) groups is 2. The zero-order chi connectivity index (χ0) is 13.5. The van der Waals surface area contributed by atoms with Gasteiger partial charge in [0.15, 0.2) is 5.78 Å². The highest BCUT2D eigenvalue weighted by Gasteiger charge is 2.21. The van der Waals surface area contributed by atoms with Crippen molar-refractivity contribution in [3.05, 3.63) is 35.9 Å². The molecule has 1 rings (SSSR count). The van der Waals surface area contributed by atoms with Gasteiger partial charge >= 0.3 is 6.09 Å². The van der Waals surface area contributed by atoms with E-state index in [1.807, 2.05) is 44.2 Å². The van der Waals surface area contributed by atoms with Gasteiger partial charge in [0.1, 0.15) is 6.61 Å². The van der Waals surface area contributed by atoms with Crippen molar-refractivity contribution in [3.63, 3.8) is 0 Å². The summed E-state index contributed by atoms with van der Waals surface area (Å²) in [7, 11) is 0. The Morgan fingerprint density at radius 1 is 1.22 bits per heavy atom. The van der Waals surface area contributed by atoms with E-state index in [1.165, 1.54) is 6.92 Å². The molecule has 1 atom stereocenters. The number of carbonyl (C=O) groups excluding carboxylic acids is 2. The lowest BCUT2D eigenvalue weighted by Gasteiger charge is -2.19. The summed E-state index contributed by atoms with van der Waals surface area (Å²) in [6, 6.07) is 8.91. The molecule has 1 amide bonds. The molecule has 0 saturated heterocycles. The molecule has 0 aliphatic heterocycles. The Hall–Kier alpha value is -1.84. The van der Waals surface area contributed by atoms with Crippen molar-refractivity contribution in [2.45, 2.75) is 33.4 Å². The Morgan fingerprint density at radius 2 is 1.83 bits per heavy atom. The van der Waals surface area contributed by atoms with E-state index in [2.05, 4.69) is 5.32 Å². The molecule has 0 aliphatic rings. The summed E-state index contributed by atoms with van der Waals surface area (Å²) in [4.78, 5) is 22.9. The Kier molecular flexibility index (Phi) is 5.36. The minimum atomic E-state index is -0.562. The zero-order valence-electron chi connectivity index (χ0n) is 11.0. The molecule has 1 N–H and O–H groups in total. The van der Waals surface area contributed by atoms with Crippen LogP contribution < -0.4 is 5.32 Å². The third kappa shape index (κ3) is 4.57. The molecule has 0 radical (unpaired) electrons. The highest BCUT2D eigenvalue weighted by atomic mass is 16.5. The number of benzene rings is 1. The van der Waals surface area contributed by atoms with E-state index in [1.54, 1.807) is 0 Å². The number of alkyl carbamates (subject to hydrolysis) is 1. The highest BCUT2D eigenvalue weighted by molar-refractivity contribution is 5.85. The van der Waals surface area contributed by atoms with Crippen molar-refractivity contribution in [1.29, 1.82) is 0 Å². The number of ether oxygens (including phenoxy) is 1. The molecule has 0 spiro atoms. The first kappa shape index (κ1) is 14.2. The number of nitrogens with one attached hydrogen (secondary N) is 1. The first-order chi connectivity index (χ1) is 8.50. The van der Waals surface area contributed by atoms with Crippen LogP contribution in [0.1, 0.15) is 26.3 Å². The molecule has 18 heavy (non-hydrogen) atoms. The first-order valence-electron chi connectivity index (χ1n) is 5.98. The Morgan fingerprint density at radius 3 is 2.33 bits per heavy atom. The molecule has 0 heterocycles. The Labute approximate surface area is 107 Å². The summed E-state index contributed by atoms with van der Waals surface area (Å²) in [5, 5.41) is 2.58. The van der Waals surface area contributed by atoms with E-state index >= 15 is 0 Å². The van der Waals surface area contributed by atoms with Gasteiger partial charge in [0, 0.05) is 0 Å². The quantitative estimate of drug-likeness (QED) is 0.872. The molecule has 98 valence electrons. The second-order valence-electron chi connectivity index (χ2n) is 4.54. The highest BCUT2D eigenvalue weighted by Crippen LogP contribution is 2.04. The number of hydrogen-bond donors (Lipinski definition) is 1. The van der Waals surface area contributed by atoms with Gasteiger partial charge in [0.2, 0.25) is 0 Å². The van der Waals surface area contributed by atoms with Gasteiger partial charge in [-0.15, -0.1) is 0 Å². The number of Topliss-reactive ketones (excluding diaryl/α,β-unsaturated/α-hetero) is 1. The number of hydrogen-bond acceptors (Lipinski definition) is 3. The molecular formula is C14H19NO3. The summed E-state index contributed by atoms with van der Waals surface area (Å²) in [5.74, 6) is -0.0200. The Bertz CT molecular complexity index is 401. The predicted molar refractivity (Wildman–Crippen MR) is 69.1 cm³/mol. The molecule has 0 unspecified atom stereocenters. The van der Waals surface area contributed by atoms with Crippen LogP contribution in [0.15, 0.2) is 30.3 Å². The summed E-state index contributed by atoms with van der Waals surface area (Å²) in [6.07, 6.45) is -0.562. The van der Waals surface area contributed by atoms with Crippen molar-refractivity contribution in [1.82, 2.24) is 5.32 Å². The van der Waals surface area contributed by atoms with Crippen molar-refractivity contribution >= 4 is 11.9 Å². The summed E-state index contributed by atoms with van der Waals surface area (Å²) >= 11 is 0. The molecule has 1 aromatic rings. The molecular weight excluding hydrogens is 230 g/mol. The maximum atomic E-state index is 11.6. The van der Waals surface area contributed by atoms with Gasteiger partial charge in [-0.3, -0.25) is 4.79 Å². The van der Waals surface area contributed by atoms with Crippen LogP contribution in [0.25, 0.3) is 0 Å². The monoisotopic (exact) mass is 249 g/mol. The fourth-order valence-electron chi connectivity index (χ4n) is 1.63. The first-order valence-corrected chi connectivity index (χ1v) is 5.98. The minimum Gasteiger partial charge on any atom is -0.445 e. The van der Waals surface area contributed by atoms with Gasteiger partial charge in [-0.1, -0.05) is 44.2 Å². The Balaban J connectivity index is 2.44. The van der Waals surface area contributed by atoms with Crippen LogP contribution in [0.2, 0.25) is 0 Å². The van der Waals surface area contributed by atoms with E-state index in [0.29, 0.717) is 0 Å². The van der Waals surface area contributed by atoms with Gasteiger partial charge in [0.05, 0.1) is 6.04 Å². The second-order valence-corrected chi connectivity index (χ2v) is 4.54. The fourth-order valence-corrected chi connectivity index (χ4v) is 1.63. The van der Waals surface area contributed by atoms with Crippen LogP contribution in [0.3, 0.4) is 0 Å². The molecule has 0 aromatic heterocycles. The van der Waals surface area contributed by atoms with Crippen molar-refractivity contribution in [2.24, 2.45) is 5.92 Å². The van der Waals surface area contributed by atoms with Crippen molar-refractivity contribution in [2.75, 3.05) is 0 Å². The van der Waals surface area contributed by atoms with Crippen LogP contribution >= 0.6 is 0 Å². The normalized spacial score (nSPS) is 12.0. The number of amides is 1. The molecule has 4 nitrogen and oxygen atoms in total. The number of rotatable bonds is 5. The standard InChI is InChI=1S/C14H19NO3/c1-10(2)13(11(3)16)15-14(17)18-9-12-7-5-4-6-8-12/h4-8,10,13H,9H2,1-3H3,(H,15,17)/t13-/m1/s1. The second kappa shape index (κ2) is 6.79. The van der Waals surface area contributed by atoms with E-state index in [4.69, 9.17) is 4.74 Å². The van der Waals surface area contributed by atoms with Gasteiger partial charge in [-0.25, -0.2) is 4.79 Å². The van der Waals surface area contributed by atoms with Gasteiger partial charge in [-0.2, -0.15) is 0 Å². The van der Waals surface area contributed by atoms with E-state index in [-0.39, 0.29) is 18.3 Å². The smallest absolute Gasteiger partial charge is 0.408 e. The van der Waals surface area contributed by atoms with Crippen LogP contribution in [-0.4, -0.2) is 17.9 Å². The summed E-state index contributed by atoms with van der Waals surface area (Å²) < 4.78 is 5.06. The lowest BCUT2D eigenvalue weighted by Crippen LogP contribution is -2.43. The third-order valence-electron chi connectivity index (χ3n) is 2.59. The minimum absolute atomic E-state index is 0.0479. The average molecular weight is 249 g/mol. The lowest BCUT2D eigenvalue weighted by atomic mass is 10.0. The molecule has 0 fully saturated rings. The molecule has 0 aliphatic carbocycles. The van der Waals surface area contributed by atoms with Crippen LogP contribution in [0.4, 0.5) is 4.79 Å². The van der Waals surface area contributed by atoms with E-state index in [0.717, 1.165) is 5.56 Å². The van der Waals surface area contributed by atoms with E-state index < -0.39 is 12.1 Å². The third-order valence-corrected chi connectivity index (χ3v) is 2.59. The maximum absolute atomic E-state index is 11.6. The molecule has 1 aromatic carbocycles. The van der Waals surface area contributed by atoms with Crippen LogP contribution in [0, 0.1) is 5.92 Å². The van der Waals surface area contributed by atoms with Crippen molar-refractivity contribution < 1.29 is 14.3 Å².